The summed E-state index contributed by atoms with van der Waals surface area (Å²) >= 11 is 0. The second-order valence-electron chi connectivity index (χ2n) is 5.07. The third-order valence-corrected chi connectivity index (χ3v) is 4.09. The van der Waals surface area contributed by atoms with Gasteiger partial charge >= 0.3 is 0 Å². The molecule has 0 amide bonds. The first-order chi connectivity index (χ1) is 9.36. The molecule has 6 heteroatoms. The molecule has 2 rings (SSSR count). The Balaban J connectivity index is 2.00. The first-order valence-corrected chi connectivity index (χ1v) is 8.32. The number of anilines is 1. The van der Waals surface area contributed by atoms with E-state index in [1.807, 2.05) is 17.1 Å². The predicted octanol–water partition coefficient (Wildman–Crippen LogP) is 2.48. The van der Waals surface area contributed by atoms with Gasteiger partial charge in [0.1, 0.15) is 0 Å². The number of hydrogen-bond donors (Lipinski definition) is 1. The first kappa shape index (κ1) is 14.6. The van der Waals surface area contributed by atoms with E-state index < -0.39 is 9.84 Å². The van der Waals surface area contributed by atoms with Gasteiger partial charge in [0.15, 0.2) is 9.84 Å². The summed E-state index contributed by atoms with van der Waals surface area (Å²) in [6.07, 6.45) is 5.04. The summed E-state index contributed by atoms with van der Waals surface area (Å²) in [7, 11) is -3.13. The van der Waals surface area contributed by atoms with Crippen molar-refractivity contribution in [3.05, 3.63) is 42.2 Å². The van der Waals surface area contributed by atoms with Crippen LogP contribution in [-0.4, -0.2) is 24.5 Å². The lowest BCUT2D eigenvalue weighted by Gasteiger charge is -2.06. The Bertz CT molecular complexity index is 673. The van der Waals surface area contributed by atoms with Gasteiger partial charge in [-0.1, -0.05) is 0 Å². The zero-order chi connectivity index (χ0) is 14.8. The fourth-order valence-electron chi connectivity index (χ4n) is 1.78. The molecular formula is C14H19N3O2S. The SMILES string of the molecule is CC(C)n1cc(CNc2ccc(S(C)(=O)=O)cc2)cn1. The van der Waals surface area contributed by atoms with Crippen LogP contribution in [-0.2, 0) is 16.4 Å². The van der Waals surface area contributed by atoms with Gasteiger partial charge in [0.25, 0.3) is 0 Å². The molecular weight excluding hydrogens is 274 g/mol. The van der Waals surface area contributed by atoms with Gasteiger partial charge in [-0.25, -0.2) is 8.42 Å². The summed E-state index contributed by atoms with van der Waals surface area (Å²) in [4.78, 5) is 0.329. The molecule has 2 aromatic rings. The van der Waals surface area contributed by atoms with Gasteiger partial charge in [-0.3, -0.25) is 4.68 Å². The highest BCUT2D eigenvalue weighted by molar-refractivity contribution is 7.90. The van der Waals surface area contributed by atoms with E-state index in [-0.39, 0.29) is 0 Å². The molecule has 1 N–H and O–H groups in total. The van der Waals surface area contributed by atoms with Crippen molar-refractivity contribution < 1.29 is 8.42 Å². The van der Waals surface area contributed by atoms with Crippen LogP contribution < -0.4 is 5.32 Å². The van der Waals surface area contributed by atoms with Crippen molar-refractivity contribution in [3.8, 4) is 0 Å². The Labute approximate surface area is 119 Å². The third-order valence-electron chi connectivity index (χ3n) is 2.96. The van der Waals surface area contributed by atoms with Crippen molar-refractivity contribution in [2.75, 3.05) is 11.6 Å². The molecule has 1 heterocycles. The summed E-state index contributed by atoms with van der Waals surface area (Å²) in [5.41, 5.74) is 1.97. The standard InChI is InChI=1S/C14H19N3O2S/c1-11(2)17-10-12(9-16-17)8-15-13-4-6-14(7-5-13)20(3,18)19/h4-7,9-11,15H,8H2,1-3H3. The number of nitrogens with one attached hydrogen (secondary N) is 1. The highest BCUT2D eigenvalue weighted by Crippen LogP contribution is 2.15. The minimum absolute atomic E-state index is 0.329. The summed E-state index contributed by atoms with van der Waals surface area (Å²) in [6, 6.07) is 7.09. The van der Waals surface area contributed by atoms with Crippen LogP contribution in [0.25, 0.3) is 0 Å². The van der Waals surface area contributed by atoms with E-state index in [9.17, 15) is 8.42 Å². The molecule has 5 nitrogen and oxygen atoms in total. The van der Waals surface area contributed by atoms with Gasteiger partial charge in [0.2, 0.25) is 0 Å². The van der Waals surface area contributed by atoms with Crippen LogP contribution in [0.1, 0.15) is 25.5 Å². The Morgan fingerprint density at radius 3 is 2.40 bits per heavy atom. The lowest BCUT2D eigenvalue weighted by atomic mass is 10.3. The van der Waals surface area contributed by atoms with E-state index in [0.717, 1.165) is 11.3 Å². The Hall–Kier alpha value is -1.82. The molecule has 0 aliphatic carbocycles. The van der Waals surface area contributed by atoms with Crippen molar-refractivity contribution in [1.29, 1.82) is 0 Å². The Morgan fingerprint density at radius 1 is 1.25 bits per heavy atom. The maximum atomic E-state index is 11.4. The van der Waals surface area contributed by atoms with E-state index >= 15 is 0 Å². The molecule has 0 atom stereocenters. The van der Waals surface area contributed by atoms with Gasteiger partial charge in [0, 0.05) is 36.3 Å². The number of rotatable bonds is 5. The third kappa shape index (κ3) is 3.60. The molecule has 0 aliphatic heterocycles. The first-order valence-electron chi connectivity index (χ1n) is 6.43. The number of aromatic nitrogens is 2. The normalized spacial score (nSPS) is 11.8. The maximum absolute atomic E-state index is 11.4. The number of hydrogen-bond acceptors (Lipinski definition) is 4. The van der Waals surface area contributed by atoms with Crippen LogP contribution >= 0.6 is 0 Å². The van der Waals surface area contributed by atoms with E-state index in [4.69, 9.17) is 0 Å². The molecule has 108 valence electrons. The maximum Gasteiger partial charge on any atom is 0.175 e. The molecule has 0 saturated heterocycles. The predicted molar refractivity (Wildman–Crippen MR) is 79.5 cm³/mol. The summed E-state index contributed by atoms with van der Waals surface area (Å²) in [5, 5.41) is 7.52. The lowest BCUT2D eigenvalue weighted by molar-refractivity contribution is 0.532. The van der Waals surface area contributed by atoms with E-state index in [1.165, 1.54) is 6.26 Å². The minimum Gasteiger partial charge on any atom is -0.381 e. The van der Waals surface area contributed by atoms with Crippen molar-refractivity contribution in [1.82, 2.24) is 9.78 Å². The van der Waals surface area contributed by atoms with Crippen LogP contribution in [0.15, 0.2) is 41.6 Å². The zero-order valence-corrected chi connectivity index (χ0v) is 12.7. The molecule has 0 aliphatic rings. The van der Waals surface area contributed by atoms with E-state index in [0.29, 0.717) is 17.5 Å². The van der Waals surface area contributed by atoms with Gasteiger partial charge in [0.05, 0.1) is 11.1 Å². The fourth-order valence-corrected chi connectivity index (χ4v) is 2.41. The van der Waals surface area contributed by atoms with Crippen molar-refractivity contribution in [2.24, 2.45) is 0 Å². The smallest absolute Gasteiger partial charge is 0.175 e. The van der Waals surface area contributed by atoms with Crippen molar-refractivity contribution in [3.63, 3.8) is 0 Å². The topological polar surface area (TPSA) is 64.0 Å². The molecule has 20 heavy (non-hydrogen) atoms. The number of benzene rings is 1. The summed E-state index contributed by atoms with van der Waals surface area (Å²) in [5.74, 6) is 0. The molecule has 1 aromatic carbocycles. The monoisotopic (exact) mass is 293 g/mol. The summed E-state index contributed by atoms with van der Waals surface area (Å²) < 4.78 is 24.6. The Morgan fingerprint density at radius 2 is 1.90 bits per heavy atom. The Kier molecular flexibility index (Phi) is 4.13. The van der Waals surface area contributed by atoms with Crippen LogP contribution in [0, 0.1) is 0 Å². The second kappa shape index (κ2) is 5.66. The average molecular weight is 293 g/mol. The van der Waals surface area contributed by atoms with Gasteiger partial charge < -0.3 is 5.32 Å². The lowest BCUT2D eigenvalue weighted by Crippen LogP contribution is -2.01. The van der Waals surface area contributed by atoms with Gasteiger partial charge in [-0.15, -0.1) is 0 Å². The van der Waals surface area contributed by atoms with Crippen molar-refractivity contribution >= 4 is 15.5 Å². The highest BCUT2D eigenvalue weighted by Gasteiger charge is 2.06. The minimum atomic E-state index is -3.13. The largest absolute Gasteiger partial charge is 0.381 e. The van der Waals surface area contributed by atoms with Crippen LogP contribution in [0.4, 0.5) is 5.69 Å². The zero-order valence-electron chi connectivity index (χ0n) is 11.9. The van der Waals surface area contributed by atoms with Gasteiger partial charge in [-0.05, 0) is 38.1 Å². The molecule has 0 spiro atoms. The number of nitrogens with zero attached hydrogens (tertiary/aromatic N) is 2. The van der Waals surface area contributed by atoms with Crippen LogP contribution in [0.2, 0.25) is 0 Å². The molecule has 0 fully saturated rings. The number of sulfone groups is 1. The molecule has 1 aromatic heterocycles. The van der Waals surface area contributed by atoms with Crippen LogP contribution in [0.5, 0.6) is 0 Å². The van der Waals surface area contributed by atoms with Gasteiger partial charge in [-0.2, -0.15) is 5.10 Å². The fraction of sp³-hybridized carbons (Fsp3) is 0.357. The molecule has 0 radical (unpaired) electrons. The summed E-state index contributed by atoms with van der Waals surface area (Å²) in [6.45, 7) is 4.81. The average Bonchev–Trinajstić information content (AvgIpc) is 2.85. The molecule has 0 bridgehead atoms. The molecule has 0 unspecified atom stereocenters. The molecule has 0 saturated carbocycles. The highest BCUT2D eigenvalue weighted by atomic mass is 32.2. The van der Waals surface area contributed by atoms with E-state index in [2.05, 4.69) is 24.3 Å². The van der Waals surface area contributed by atoms with Crippen LogP contribution in [0.3, 0.4) is 0 Å². The quantitative estimate of drug-likeness (QED) is 0.920. The van der Waals surface area contributed by atoms with Crippen molar-refractivity contribution in [2.45, 2.75) is 31.3 Å². The van der Waals surface area contributed by atoms with E-state index in [1.54, 1.807) is 24.3 Å². The second-order valence-corrected chi connectivity index (χ2v) is 7.09.